The van der Waals surface area contributed by atoms with Crippen molar-refractivity contribution in [1.82, 2.24) is 9.55 Å². The second-order valence-corrected chi connectivity index (χ2v) is 6.61. The molecule has 9 heteroatoms. The molecule has 146 valence electrons. The van der Waals surface area contributed by atoms with Gasteiger partial charge in [-0.1, -0.05) is 29.3 Å². The van der Waals surface area contributed by atoms with Crippen molar-refractivity contribution in [1.29, 1.82) is 0 Å². The highest BCUT2D eigenvalue weighted by atomic mass is 35.5. The fourth-order valence-corrected chi connectivity index (χ4v) is 3.40. The van der Waals surface area contributed by atoms with E-state index in [1.54, 1.807) is 44.1 Å². The molecule has 0 spiro atoms. The highest BCUT2D eigenvalue weighted by Gasteiger charge is 2.27. The Morgan fingerprint density at radius 3 is 2.44 bits per heavy atom. The van der Waals surface area contributed by atoms with E-state index in [1.807, 2.05) is 6.92 Å². The van der Waals surface area contributed by atoms with Crippen LogP contribution < -0.4 is 15.2 Å². The first kappa shape index (κ1) is 21.1. The molecule has 1 unspecified atom stereocenters. The summed E-state index contributed by atoms with van der Waals surface area (Å²) >= 11 is 12.6. The molecule has 0 aliphatic rings. The number of halogens is 2. The largest absolute Gasteiger partial charge is 0.489 e. The van der Waals surface area contributed by atoms with E-state index in [-0.39, 0.29) is 30.0 Å². The molecule has 27 heavy (non-hydrogen) atoms. The predicted octanol–water partition coefficient (Wildman–Crippen LogP) is 3.47. The summed E-state index contributed by atoms with van der Waals surface area (Å²) in [6.07, 6.45) is 0. The van der Waals surface area contributed by atoms with Gasteiger partial charge >= 0.3 is 5.97 Å². The molecule has 0 radical (unpaired) electrons. The summed E-state index contributed by atoms with van der Waals surface area (Å²) in [4.78, 5) is 30.9. The predicted molar refractivity (Wildman–Crippen MR) is 105 cm³/mol. The van der Waals surface area contributed by atoms with Gasteiger partial charge < -0.3 is 14.4 Å². The third-order valence-corrected chi connectivity index (χ3v) is 4.87. The maximum absolute atomic E-state index is 12.7. The lowest BCUT2D eigenvalue weighted by molar-refractivity contribution is 0.0514. The second kappa shape index (κ2) is 8.63. The molecule has 0 amide bonds. The highest BCUT2D eigenvalue weighted by molar-refractivity contribution is 6.36. The van der Waals surface area contributed by atoms with E-state index >= 15 is 0 Å². The lowest BCUT2D eigenvalue weighted by Gasteiger charge is -2.29. The van der Waals surface area contributed by atoms with Gasteiger partial charge in [0.15, 0.2) is 5.69 Å². The zero-order chi connectivity index (χ0) is 20.3. The minimum Gasteiger partial charge on any atom is -0.489 e. The van der Waals surface area contributed by atoms with Crippen LogP contribution in [0.25, 0.3) is 0 Å². The van der Waals surface area contributed by atoms with Crippen LogP contribution in [-0.2, 0) is 11.8 Å². The van der Waals surface area contributed by atoms with Gasteiger partial charge in [-0.15, -0.1) is 0 Å². The van der Waals surface area contributed by atoms with Crippen molar-refractivity contribution >= 4 is 35.1 Å². The molecule has 0 N–H and O–H groups in total. The topological polar surface area (TPSA) is 73.7 Å². The number of aromatic nitrogens is 2. The molecule has 7 nitrogen and oxygen atoms in total. The van der Waals surface area contributed by atoms with Crippen LogP contribution in [0.5, 0.6) is 5.75 Å². The molecular formula is C18H21Cl2N3O4. The number of carbonyl (C=O) groups excluding carboxylic acids is 1. The molecule has 0 aliphatic heterocycles. The smallest absolute Gasteiger partial charge is 0.361 e. The van der Waals surface area contributed by atoms with E-state index in [2.05, 4.69) is 4.98 Å². The molecule has 1 atom stereocenters. The summed E-state index contributed by atoms with van der Waals surface area (Å²) in [7, 11) is 4.57. The van der Waals surface area contributed by atoms with Crippen LogP contribution in [0.15, 0.2) is 23.0 Å². The summed E-state index contributed by atoms with van der Waals surface area (Å²) in [6, 6.07) is 4.89. The molecular weight excluding hydrogens is 393 g/mol. The highest BCUT2D eigenvalue weighted by Crippen LogP contribution is 2.34. The number of hydrogen-bond donors (Lipinski definition) is 0. The maximum atomic E-state index is 12.7. The van der Waals surface area contributed by atoms with Gasteiger partial charge in [-0.05, 0) is 26.0 Å². The fraction of sp³-hybridized carbons (Fsp3) is 0.389. The minimum atomic E-state index is -0.731. The summed E-state index contributed by atoms with van der Waals surface area (Å²) in [5, 5.41) is 0.983. The van der Waals surface area contributed by atoms with Gasteiger partial charge in [0.25, 0.3) is 5.56 Å². The van der Waals surface area contributed by atoms with E-state index in [1.165, 1.54) is 11.7 Å². The number of esters is 1. The van der Waals surface area contributed by atoms with E-state index < -0.39 is 11.5 Å². The zero-order valence-corrected chi connectivity index (χ0v) is 17.3. The average molecular weight is 414 g/mol. The molecule has 0 saturated heterocycles. The monoisotopic (exact) mass is 413 g/mol. The Bertz CT molecular complexity index is 894. The normalized spacial score (nSPS) is 11.8. The molecule has 0 aliphatic carbocycles. The third kappa shape index (κ3) is 4.04. The van der Waals surface area contributed by atoms with Crippen LogP contribution in [0.4, 0.5) is 5.95 Å². The van der Waals surface area contributed by atoms with Crippen LogP contribution in [0.1, 0.15) is 35.9 Å². The minimum absolute atomic E-state index is 0.148. The fourth-order valence-electron chi connectivity index (χ4n) is 2.68. The number of rotatable bonds is 6. The van der Waals surface area contributed by atoms with Crippen LogP contribution in [-0.4, -0.2) is 36.3 Å². The Kier molecular flexibility index (Phi) is 6.73. The van der Waals surface area contributed by atoms with Crippen molar-refractivity contribution in [3.8, 4) is 5.75 Å². The van der Waals surface area contributed by atoms with Crippen molar-refractivity contribution in [3.05, 3.63) is 49.9 Å². The third-order valence-electron chi connectivity index (χ3n) is 4.21. The molecule has 0 saturated carbocycles. The number of methoxy groups -OCH3 is 1. The number of anilines is 1. The number of benzene rings is 1. The van der Waals surface area contributed by atoms with Gasteiger partial charge in [-0.2, -0.15) is 0 Å². The first-order valence-electron chi connectivity index (χ1n) is 8.23. The number of nitrogens with zero attached hydrogens (tertiary/aromatic N) is 3. The van der Waals surface area contributed by atoms with Gasteiger partial charge in [-0.3, -0.25) is 9.36 Å². The zero-order valence-electron chi connectivity index (χ0n) is 15.7. The lowest BCUT2D eigenvalue weighted by Crippen LogP contribution is -2.33. The Morgan fingerprint density at radius 1 is 1.33 bits per heavy atom. The van der Waals surface area contributed by atoms with Crippen LogP contribution in [0.3, 0.4) is 0 Å². The van der Waals surface area contributed by atoms with E-state index in [0.29, 0.717) is 15.6 Å². The number of carbonyl (C=O) groups is 1. The van der Waals surface area contributed by atoms with Crippen molar-refractivity contribution in [2.24, 2.45) is 7.05 Å². The summed E-state index contributed by atoms with van der Waals surface area (Å²) < 4.78 is 11.4. The lowest BCUT2D eigenvalue weighted by atomic mass is 10.1. The van der Waals surface area contributed by atoms with Crippen LogP contribution in [0, 0.1) is 0 Å². The maximum Gasteiger partial charge on any atom is 0.361 e. The first-order chi connectivity index (χ1) is 12.7. The van der Waals surface area contributed by atoms with E-state index in [0.717, 1.165) is 0 Å². The summed E-state index contributed by atoms with van der Waals surface area (Å²) in [5.41, 5.74) is 0.00250. The SMILES string of the molecule is CCOC(=O)c1nc(N(C)C(C)c2c(Cl)cccc2Cl)n(C)c(=O)c1OC. The molecule has 1 aromatic heterocycles. The Balaban J connectivity index is 2.60. The first-order valence-corrected chi connectivity index (χ1v) is 8.99. The molecule has 0 fully saturated rings. The quantitative estimate of drug-likeness (QED) is 0.674. The van der Waals surface area contributed by atoms with Crippen LogP contribution >= 0.6 is 23.2 Å². The average Bonchev–Trinajstić information content (AvgIpc) is 2.63. The van der Waals surface area contributed by atoms with Crippen LogP contribution in [0.2, 0.25) is 10.0 Å². The van der Waals surface area contributed by atoms with Gasteiger partial charge in [0.2, 0.25) is 11.7 Å². The Hall–Kier alpha value is -2.25. The molecule has 0 bridgehead atoms. The second-order valence-electron chi connectivity index (χ2n) is 5.80. The molecule has 1 heterocycles. The number of ether oxygens (including phenoxy) is 2. The Morgan fingerprint density at radius 2 is 1.93 bits per heavy atom. The van der Waals surface area contributed by atoms with Crippen molar-refractivity contribution in [2.45, 2.75) is 19.9 Å². The Labute approximate surface area is 167 Å². The molecule has 2 rings (SSSR count). The van der Waals surface area contributed by atoms with Gasteiger partial charge in [0.05, 0.1) is 19.8 Å². The van der Waals surface area contributed by atoms with E-state index in [4.69, 9.17) is 32.7 Å². The van der Waals surface area contributed by atoms with Gasteiger partial charge in [-0.25, -0.2) is 9.78 Å². The van der Waals surface area contributed by atoms with Crippen molar-refractivity contribution < 1.29 is 14.3 Å². The van der Waals surface area contributed by atoms with Crippen molar-refractivity contribution in [3.63, 3.8) is 0 Å². The summed E-state index contributed by atoms with van der Waals surface area (Å²) in [6.45, 7) is 3.68. The molecule has 1 aromatic carbocycles. The van der Waals surface area contributed by atoms with Gasteiger partial charge in [0, 0.05) is 29.7 Å². The van der Waals surface area contributed by atoms with Crippen molar-refractivity contribution in [2.75, 3.05) is 25.7 Å². The van der Waals surface area contributed by atoms with E-state index in [9.17, 15) is 9.59 Å². The molecule has 2 aromatic rings. The number of hydrogen-bond acceptors (Lipinski definition) is 6. The van der Waals surface area contributed by atoms with Gasteiger partial charge in [0.1, 0.15) is 0 Å². The summed E-state index contributed by atoms with van der Waals surface area (Å²) in [5.74, 6) is -0.658. The standard InChI is InChI=1S/C18H21Cl2N3O4/c1-6-27-17(25)14-15(26-5)16(24)23(4)18(21-14)22(3)10(2)13-11(19)8-7-9-12(13)20/h7-10H,6H2,1-5H3.